The van der Waals surface area contributed by atoms with Crippen LogP contribution in [0.4, 0.5) is 4.79 Å². The molecule has 4 aliphatic rings. The van der Waals surface area contributed by atoms with Crippen LogP contribution in [-0.2, 0) is 39.9 Å². The van der Waals surface area contributed by atoms with E-state index in [4.69, 9.17) is 18.9 Å². The van der Waals surface area contributed by atoms with Gasteiger partial charge in [-0.1, -0.05) is 55.8 Å². The topological polar surface area (TPSA) is 108 Å². The summed E-state index contributed by atoms with van der Waals surface area (Å²) < 4.78 is 24.1. The second-order valence-electron chi connectivity index (χ2n) is 15.8. The van der Waals surface area contributed by atoms with Crippen molar-refractivity contribution < 1.29 is 38.1 Å². The Kier molecular flexibility index (Phi) is 11.2. The number of carbonyl (C=O) groups is 4. The third-order valence-electron chi connectivity index (χ3n) is 10.8. The van der Waals surface area contributed by atoms with Crippen LogP contribution in [0.3, 0.4) is 0 Å². The van der Waals surface area contributed by atoms with E-state index in [1.165, 1.54) is 6.08 Å². The number of hydrogen-bond acceptors (Lipinski definition) is 8. The van der Waals surface area contributed by atoms with Crippen LogP contribution in [0, 0.1) is 35.5 Å². The number of Topliss-reactive ketones (excluding diaryl/α,β-unsaturated/α-hetero) is 2. The SMILES string of the molecule is C=CCOC(=O)C1C(=O)[C@@H]2C(C1CC(=O)CCC[C@@H](C)N(Cc1ccccc1)C(=O)OC(C)(C)C)C1CCCC[C@@H]1[C@H]1OC(C)(C)O[C@@H]12. The highest BCUT2D eigenvalue weighted by Gasteiger charge is 2.67. The van der Waals surface area contributed by atoms with Gasteiger partial charge < -0.3 is 23.8 Å². The minimum absolute atomic E-state index is 0.0123. The van der Waals surface area contributed by atoms with Crippen molar-refractivity contribution in [1.82, 2.24) is 4.90 Å². The first-order valence-corrected chi connectivity index (χ1v) is 17.9. The van der Waals surface area contributed by atoms with E-state index in [1.54, 1.807) is 4.90 Å². The Morgan fingerprint density at radius 3 is 2.40 bits per heavy atom. The lowest BCUT2D eigenvalue weighted by atomic mass is 9.58. The Morgan fingerprint density at radius 2 is 1.73 bits per heavy atom. The number of carbonyl (C=O) groups excluding carboxylic acids is 4. The maximum absolute atomic E-state index is 14.2. The lowest BCUT2D eigenvalue weighted by Crippen LogP contribution is -2.53. The van der Waals surface area contributed by atoms with Crippen LogP contribution in [0.25, 0.3) is 0 Å². The maximum Gasteiger partial charge on any atom is 0.410 e. The third-order valence-corrected chi connectivity index (χ3v) is 10.8. The second-order valence-corrected chi connectivity index (χ2v) is 15.8. The summed E-state index contributed by atoms with van der Waals surface area (Å²) in [6, 6.07) is 9.62. The highest BCUT2D eigenvalue weighted by atomic mass is 16.8. The number of hydrogen-bond donors (Lipinski definition) is 0. The second kappa shape index (κ2) is 14.8. The van der Waals surface area contributed by atoms with Gasteiger partial charge in [0, 0.05) is 25.4 Å². The number of rotatable bonds is 12. The zero-order chi connectivity index (χ0) is 34.8. The van der Waals surface area contributed by atoms with Crippen molar-refractivity contribution in [2.45, 2.75) is 129 Å². The summed E-state index contributed by atoms with van der Waals surface area (Å²) in [6.07, 6.45) is 6.17. The molecule has 0 aromatic heterocycles. The minimum Gasteiger partial charge on any atom is -0.461 e. The summed E-state index contributed by atoms with van der Waals surface area (Å²) in [5, 5.41) is 0. The monoisotopic (exact) mass is 665 g/mol. The maximum atomic E-state index is 14.2. The lowest BCUT2D eigenvalue weighted by Gasteiger charge is -2.48. The largest absolute Gasteiger partial charge is 0.461 e. The Hall–Kier alpha value is -3.04. The summed E-state index contributed by atoms with van der Waals surface area (Å²) in [4.78, 5) is 56.5. The van der Waals surface area contributed by atoms with Gasteiger partial charge in [-0.2, -0.15) is 0 Å². The Morgan fingerprint density at radius 1 is 1.06 bits per heavy atom. The van der Waals surface area contributed by atoms with Gasteiger partial charge in [0.1, 0.15) is 23.9 Å². The smallest absolute Gasteiger partial charge is 0.410 e. The average Bonchev–Trinajstić information content (AvgIpc) is 3.50. The van der Waals surface area contributed by atoms with Crippen molar-refractivity contribution >= 4 is 23.6 Å². The predicted molar refractivity (Wildman–Crippen MR) is 181 cm³/mol. The first-order valence-electron chi connectivity index (χ1n) is 17.9. The van der Waals surface area contributed by atoms with Crippen LogP contribution in [0.2, 0.25) is 0 Å². The molecular formula is C39H55NO8. The fourth-order valence-electron chi connectivity index (χ4n) is 8.95. The van der Waals surface area contributed by atoms with Gasteiger partial charge in [0.25, 0.3) is 0 Å². The van der Waals surface area contributed by atoms with Gasteiger partial charge in [0.05, 0.1) is 18.1 Å². The quantitative estimate of drug-likeness (QED) is 0.133. The van der Waals surface area contributed by atoms with E-state index in [1.807, 2.05) is 71.9 Å². The molecule has 1 heterocycles. The molecule has 48 heavy (non-hydrogen) atoms. The fourth-order valence-corrected chi connectivity index (χ4v) is 8.95. The zero-order valence-electron chi connectivity index (χ0n) is 29.7. The summed E-state index contributed by atoms with van der Waals surface area (Å²) in [5.41, 5.74) is 0.362. The minimum atomic E-state index is -1.01. The van der Waals surface area contributed by atoms with Gasteiger partial charge >= 0.3 is 12.1 Å². The van der Waals surface area contributed by atoms with Crippen LogP contribution in [0.15, 0.2) is 43.0 Å². The number of nitrogens with zero attached hydrogens (tertiary/aromatic N) is 1. The van der Waals surface area contributed by atoms with Gasteiger partial charge in [0.2, 0.25) is 0 Å². The lowest BCUT2D eigenvalue weighted by molar-refractivity contribution is -0.156. The number of ketones is 2. The summed E-state index contributed by atoms with van der Waals surface area (Å²) in [7, 11) is 0. The van der Waals surface area contributed by atoms with Crippen LogP contribution >= 0.6 is 0 Å². The first kappa shape index (κ1) is 36.2. The van der Waals surface area contributed by atoms with Crippen molar-refractivity contribution in [3.8, 4) is 0 Å². The van der Waals surface area contributed by atoms with Crippen LogP contribution in [0.5, 0.6) is 0 Å². The van der Waals surface area contributed by atoms with E-state index in [9.17, 15) is 19.2 Å². The van der Waals surface area contributed by atoms with E-state index in [0.717, 1.165) is 31.2 Å². The molecule has 0 spiro atoms. The molecule has 4 unspecified atom stereocenters. The molecule has 3 saturated carbocycles. The molecular weight excluding hydrogens is 610 g/mol. The molecule has 4 fully saturated rings. The number of amides is 1. The summed E-state index contributed by atoms with van der Waals surface area (Å²) in [5.74, 6) is -3.23. The molecule has 0 bridgehead atoms. The van der Waals surface area contributed by atoms with Crippen LogP contribution < -0.4 is 0 Å². The Labute approximate surface area is 286 Å². The van der Waals surface area contributed by atoms with E-state index >= 15 is 0 Å². The predicted octanol–water partition coefficient (Wildman–Crippen LogP) is 7.06. The molecule has 9 atom stereocenters. The molecule has 264 valence electrons. The van der Waals surface area contributed by atoms with Gasteiger partial charge in [-0.05, 0) is 96.5 Å². The molecule has 0 radical (unpaired) electrons. The van der Waals surface area contributed by atoms with E-state index in [0.29, 0.717) is 25.8 Å². The molecule has 5 rings (SSSR count). The fraction of sp³-hybridized carbons (Fsp3) is 0.692. The number of benzene rings is 1. The zero-order valence-corrected chi connectivity index (χ0v) is 29.7. The summed E-state index contributed by atoms with van der Waals surface area (Å²) >= 11 is 0. The van der Waals surface area contributed by atoms with E-state index < -0.39 is 41.2 Å². The number of esters is 1. The van der Waals surface area contributed by atoms with Crippen LogP contribution in [0.1, 0.15) is 98.5 Å². The molecule has 1 amide bonds. The van der Waals surface area contributed by atoms with Crippen molar-refractivity contribution in [2.24, 2.45) is 35.5 Å². The molecule has 1 saturated heterocycles. The van der Waals surface area contributed by atoms with E-state index in [2.05, 4.69) is 6.58 Å². The number of fused-ring (bicyclic) bond motifs is 6. The standard InChI is InChI=1S/C39H55NO8/c1-8-21-45-36(43)31-29(30-27-19-12-13-20-28(27)34-35(32(30)33(31)42)47-39(6,7)46-34)22-26(41)18-14-15-24(2)40(37(44)48-38(3,4)5)23-25-16-10-9-11-17-25/h8-11,16-17,24,27-32,34-35H,1,12-15,18-23H2,2-7H3/t24-,27?,28+,29?,30?,31?,32+,34-,35-/m1/s1. The van der Waals surface area contributed by atoms with Gasteiger partial charge in [-0.15, -0.1) is 0 Å². The molecule has 1 aromatic carbocycles. The van der Waals surface area contributed by atoms with Crippen LogP contribution in [-0.4, -0.2) is 64.8 Å². The van der Waals surface area contributed by atoms with Crippen molar-refractivity contribution in [2.75, 3.05) is 6.61 Å². The van der Waals surface area contributed by atoms with E-state index in [-0.39, 0.29) is 60.6 Å². The van der Waals surface area contributed by atoms with Gasteiger partial charge in [0.15, 0.2) is 11.6 Å². The highest BCUT2D eigenvalue weighted by molar-refractivity contribution is 6.03. The normalized spacial score (nSPS) is 31.2. The molecule has 9 heteroatoms. The Balaban J connectivity index is 1.31. The van der Waals surface area contributed by atoms with Crippen molar-refractivity contribution in [1.29, 1.82) is 0 Å². The summed E-state index contributed by atoms with van der Waals surface area (Å²) in [6.45, 7) is 15.4. The Bertz CT molecular complexity index is 1330. The highest BCUT2D eigenvalue weighted by Crippen LogP contribution is 2.60. The van der Waals surface area contributed by atoms with Gasteiger partial charge in [-0.3, -0.25) is 14.4 Å². The van der Waals surface area contributed by atoms with Crippen molar-refractivity contribution in [3.63, 3.8) is 0 Å². The van der Waals surface area contributed by atoms with Crippen molar-refractivity contribution in [3.05, 3.63) is 48.6 Å². The third kappa shape index (κ3) is 8.05. The molecule has 1 aliphatic heterocycles. The molecule has 1 aromatic rings. The van der Waals surface area contributed by atoms with Gasteiger partial charge in [-0.25, -0.2) is 4.79 Å². The number of ether oxygens (including phenoxy) is 4. The molecule has 9 nitrogen and oxygen atoms in total. The first-order chi connectivity index (χ1) is 22.7. The molecule has 0 N–H and O–H groups in total. The molecule has 3 aliphatic carbocycles. The average molecular weight is 666 g/mol.